The predicted octanol–water partition coefficient (Wildman–Crippen LogP) is 3.43. The molecule has 1 N–H and O–H groups in total. The molecule has 24 heavy (non-hydrogen) atoms. The van der Waals surface area contributed by atoms with E-state index in [0.717, 1.165) is 23.4 Å². The van der Waals surface area contributed by atoms with Crippen molar-refractivity contribution in [2.45, 2.75) is 45.8 Å². The van der Waals surface area contributed by atoms with E-state index in [1.54, 1.807) is 11.1 Å². The topological polar surface area (TPSA) is 50.2 Å². The molecule has 5 nitrogen and oxygen atoms in total. The van der Waals surface area contributed by atoms with Crippen LogP contribution in [-0.4, -0.2) is 27.0 Å². The molecular formula is C18H23FN4O. The van der Waals surface area contributed by atoms with Gasteiger partial charge in [0, 0.05) is 25.0 Å². The van der Waals surface area contributed by atoms with Gasteiger partial charge in [-0.1, -0.05) is 6.07 Å². The highest BCUT2D eigenvalue weighted by molar-refractivity contribution is 5.75. The summed E-state index contributed by atoms with van der Waals surface area (Å²) in [4.78, 5) is 18.6. The largest absolute Gasteiger partial charge is 0.331 e. The first-order chi connectivity index (χ1) is 11.5. The first-order valence-electron chi connectivity index (χ1n) is 8.32. The minimum atomic E-state index is -0.262. The standard InChI is InChI=1S/C18H23FN4O/c1-12(2)22-9-7-20-17(22)11-21-18(24)23-8-6-14-4-5-15(19)10-16(14)13(23)3/h4-5,7,9-10,12-13H,6,8,11H2,1-3H3,(H,21,24)/t13-/m1/s1. The maximum Gasteiger partial charge on any atom is 0.318 e. The van der Waals surface area contributed by atoms with E-state index in [1.807, 2.05) is 23.8 Å². The van der Waals surface area contributed by atoms with Crippen LogP contribution < -0.4 is 5.32 Å². The van der Waals surface area contributed by atoms with Crippen LogP contribution >= 0.6 is 0 Å². The SMILES string of the molecule is CC(C)n1ccnc1CNC(=O)N1CCc2ccc(F)cc2[C@H]1C. The summed E-state index contributed by atoms with van der Waals surface area (Å²) in [7, 11) is 0. The Balaban J connectivity index is 1.68. The van der Waals surface area contributed by atoms with Gasteiger partial charge >= 0.3 is 6.03 Å². The highest BCUT2D eigenvalue weighted by Crippen LogP contribution is 2.29. The quantitative estimate of drug-likeness (QED) is 0.937. The van der Waals surface area contributed by atoms with Gasteiger partial charge in [0.1, 0.15) is 11.6 Å². The molecule has 0 bridgehead atoms. The second kappa shape index (κ2) is 6.63. The Morgan fingerprint density at radius 3 is 3.00 bits per heavy atom. The number of hydrogen-bond acceptors (Lipinski definition) is 2. The number of amides is 2. The number of fused-ring (bicyclic) bond motifs is 1. The molecule has 2 heterocycles. The molecule has 0 aliphatic carbocycles. The molecular weight excluding hydrogens is 307 g/mol. The number of halogens is 1. The lowest BCUT2D eigenvalue weighted by molar-refractivity contribution is 0.173. The van der Waals surface area contributed by atoms with E-state index in [4.69, 9.17) is 0 Å². The van der Waals surface area contributed by atoms with Crippen LogP contribution in [0.25, 0.3) is 0 Å². The third-order valence-electron chi connectivity index (χ3n) is 4.61. The number of nitrogens with one attached hydrogen (secondary N) is 1. The molecule has 6 heteroatoms. The van der Waals surface area contributed by atoms with Gasteiger partial charge in [-0.2, -0.15) is 0 Å². The van der Waals surface area contributed by atoms with Gasteiger partial charge in [-0.05, 0) is 50.5 Å². The van der Waals surface area contributed by atoms with Crippen molar-refractivity contribution >= 4 is 6.03 Å². The van der Waals surface area contributed by atoms with E-state index in [-0.39, 0.29) is 17.9 Å². The van der Waals surface area contributed by atoms with Gasteiger partial charge in [0.25, 0.3) is 0 Å². The van der Waals surface area contributed by atoms with E-state index in [1.165, 1.54) is 12.1 Å². The van der Waals surface area contributed by atoms with E-state index in [2.05, 4.69) is 24.1 Å². The van der Waals surface area contributed by atoms with E-state index in [0.29, 0.717) is 19.1 Å². The molecule has 0 fully saturated rings. The first kappa shape index (κ1) is 16.5. The van der Waals surface area contributed by atoms with E-state index < -0.39 is 0 Å². The zero-order valence-electron chi connectivity index (χ0n) is 14.3. The average molecular weight is 330 g/mol. The van der Waals surface area contributed by atoms with Crippen molar-refractivity contribution in [1.29, 1.82) is 0 Å². The van der Waals surface area contributed by atoms with Gasteiger partial charge in [0.15, 0.2) is 0 Å². The number of carbonyl (C=O) groups is 1. The summed E-state index contributed by atoms with van der Waals surface area (Å²) in [5.41, 5.74) is 2.00. The first-order valence-corrected chi connectivity index (χ1v) is 8.32. The molecule has 1 aromatic carbocycles. The Hall–Kier alpha value is -2.37. The number of urea groups is 1. The fourth-order valence-corrected chi connectivity index (χ4v) is 3.27. The second-order valence-corrected chi connectivity index (χ2v) is 6.47. The van der Waals surface area contributed by atoms with Crippen molar-refractivity contribution in [2.75, 3.05) is 6.54 Å². The van der Waals surface area contributed by atoms with Crippen LogP contribution in [0.5, 0.6) is 0 Å². The smallest absolute Gasteiger partial charge is 0.318 e. The predicted molar refractivity (Wildman–Crippen MR) is 90.1 cm³/mol. The van der Waals surface area contributed by atoms with Crippen LogP contribution in [0.3, 0.4) is 0 Å². The van der Waals surface area contributed by atoms with E-state index in [9.17, 15) is 9.18 Å². The number of hydrogen-bond donors (Lipinski definition) is 1. The molecule has 0 radical (unpaired) electrons. The third kappa shape index (κ3) is 3.13. The molecule has 0 unspecified atom stereocenters. The number of rotatable bonds is 3. The van der Waals surface area contributed by atoms with Crippen molar-refractivity contribution in [1.82, 2.24) is 19.8 Å². The van der Waals surface area contributed by atoms with Gasteiger partial charge in [-0.3, -0.25) is 0 Å². The van der Waals surface area contributed by atoms with Crippen LogP contribution in [0.15, 0.2) is 30.6 Å². The molecule has 0 saturated heterocycles. The van der Waals surface area contributed by atoms with Gasteiger partial charge in [0.2, 0.25) is 0 Å². The van der Waals surface area contributed by atoms with Gasteiger partial charge < -0.3 is 14.8 Å². The molecule has 1 aliphatic heterocycles. The number of aromatic nitrogens is 2. The Morgan fingerprint density at radius 1 is 1.46 bits per heavy atom. The molecule has 2 amide bonds. The summed E-state index contributed by atoms with van der Waals surface area (Å²) in [6, 6.07) is 4.83. The van der Waals surface area contributed by atoms with Crippen LogP contribution in [0.2, 0.25) is 0 Å². The van der Waals surface area contributed by atoms with Crippen molar-refractivity contribution in [3.8, 4) is 0 Å². The average Bonchev–Trinajstić information content (AvgIpc) is 3.02. The molecule has 1 aliphatic rings. The Kier molecular flexibility index (Phi) is 4.55. The number of nitrogens with zero attached hydrogens (tertiary/aromatic N) is 3. The number of benzene rings is 1. The van der Waals surface area contributed by atoms with Gasteiger partial charge in [0.05, 0.1) is 12.6 Å². The zero-order valence-corrected chi connectivity index (χ0v) is 14.3. The molecule has 1 atom stereocenters. The van der Waals surface area contributed by atoms with Crippen LogP contribution in [0.1, 0.15) is 49.8 Å². The normalized spacial score (nSPS) is 17.0. The molecule has 0 spiro atoms. The summed E-state index contributed by atoms with van der Waals surface area (Å²) in [6.07, 6.45) is 4.40. The Morgan fingerprint density at radius 2 is 2.25 bits per heavy atom. The minimum absolute atomic E-state index is 0.143. The van der Waals surface area contributed by atoms with Crippen LogP contribution in [0, 0.1) is 5.82 Å². The maximum atomic E-state index is 13.5. The highest BCUT2D eigenvalue weighted by Gasteiger charge is 2.28. The molecule has 2 aromatic rings. The summed E-state index contributed by atoms with van der Waals surface area (Å²) >= 11 is 0. The van der Waals surface area contributed by atoms with E-state index >= 15 is 0 Å². The summed E-state index contributed by atoms with van der Waals surface area (Å²) < 4.78 is 15.6. The summed E-state index contributed by atoms with van der Waals surface area (Å²) in [5.74, 6) is 0.566. The maximum absolute atomic E-state index is 13.5. The number of imidazole rings is 1. The summed E-state index contributed by atoms with van der Waals surface area (Å²) in [5, 5.41) is 2.94. The third-order valence-corrected chi connectivity index (χ3v) is 4.61. The van der Waals surface area contributed by atoms with Gasteiger partial charge in [-0.15, -0.1) is 0 Å². The monoisotopic (exact) mass is 330 g/mol. The van der Waals surface area contributed by atoms with Crippen LogP contribution in [0.4, 0.5) is 9.18 Å². The zero-order chi connectivity index (χ0) is 17.3. The minimum Gasteiger partial charge on any atom is -0.331 e. The Bertz CT molecular complexity index is 740. The van der Waals surface area contributed by atoms with Gasteiger partial charge in [-0.25, -0.2) is 14.2 Å². The second-order valence-electron chi connectivity index (χ2n) is 6.47. The molecule has 1 aromatic heterocycles. The van der Waals surface area contributed by atoms with Crippen molar-refractivity contribution in [3.63, 3.8) is 0 Å². The lowest BCUT2D eigenvalue weighted by atomic mass is 9.94. The fraction of sp³-hybridized carbons (Fsp3) is 0.444. The summed E-state index contributed by atoms with van der Waals surface area (Å²) in [6.45, 7) is 7.09. The Labute approximate surface area is 141 Å². The van der Waals surface area contributed by atoms with Crippen molar-refractivity contribution < 1.29 is 9.18 Å². The van der Waals surface area contributed by atoms with Crippen molar-refractivity contribution in [3.05, 3.63) is 53.4 Å². The lowest BCUT2D eigenvalue weighted by Crippen LogP contribution is -2.44. The lowest BCUT2D eigenvalue weighted by Gasteiger charge is -2.35. The molecule has 128 valence electrons. The molecule has 0 saturated carbocycles. The van der Waals surface area contributed by atoms with Crippen LogP contribution in [-0.2, 0) is 13.0 Å². The highest BCUT2D eigenvalue weighted by atomic mass is 19.1. The molecule has 3 rings (SSSR count). The van der Waals surface area contributed by atoms with Crippen molar-refractivity contribution in [2.24, 2.45) is 0 Å². The number of carbonyl (C=O) groups excluding carboxylic acids is 1. The fourth-order valence-electron chi connectivity index (χ4n) is 3.27.